The van der Waals surface area contributed by atoms with Crippen LogP contribution in [0.1, 0.15) is 33.4 Å². The first-order valence-electron chi connectivity index (χ1n) is 12.4. The number of benzene rings is 4. The smallest absolute Gasteiger partial charge is 0.132 e. The highest BCUT2D eigenvalue weighted by Gasteiger charge is 2.69. The van der Waals surface area contributed by atoms with E-state index in [0.29, 0.717) is 0 Å². The summed E-state index contributed by atoms with van der Waals surface area (Å²) in [6, 6.07) is 39.2. The lowest BCUT2D eigenvalue weighted by Gasteiger charge is -2.44. The first-order chi connectivity index (χ1) is 18.3. The Labute approximate surface area is 226 Å². The van der Waals surface area contributed by atoms with Gasteiger partial charge in [0, 0.05) is 27.4 Å². The van der Waals surface area contributed by atoms with E-state index >= 15 is 0 Å². The molecule has 2 spiro atoms. The van der Waals surface area contributed by atoms with Gasteiger partial charge < -0.3 is 9.47 Å². The van der Waals surface area contributed by atoms with Crippen molar-refractivity contribution in [2.45, 2.75) is 9.49 Å². The summed E-state index contributed by atoms with van der Waals surface area (Å²) in [5.74, 6) is 1.93. The zero-order valence-electron chi connectivity index (χ0n) is 20.7. The molecule has 2 aliphatic carbocycles. The van der Waals surface area contributed by atoms with Crippen LogP contribution in [0.2, 0.25) is 0 Å². The lowest BCUT2D eigenvalue weighted by molar-refractivity contribution is 0.371. The van der Waals surface area contributed by atoms with Gasteiger partial charge in [-0.15, -0.1) is 23.5 Å². The molecule has 2 atom stereocenters. The summed E-state index contributed by atoms with van der Waals surface area (Å²) in [7, 11) is 3.62. The second-order valence-electron chi connectivity index (χ2n) is 9.41. The third kappa shape index (κ3) is 2.86. The van der Waals surface area contributed by atoms with Crippen LogP contribution < -0.4 is 0 Å². The third-order valence-electron chi connectivity index (χ3n) is 7.84. The van der Waals surface area contributed by atoms with Crippen LogP contribution in [0.3, 0.4) is 0 Å². The summed E-state index contributed by atoms with van der Waals surface area (Å²) in [6.45, 7) is 0. The lowest BCUT2D eigenvalue weighted by atomic mass is 9.72. The lowest BCUT2D eigenvalue weighted by Crippen LogP contribution is -2.41. The minimum Gasteiger partial charge on any atom is -0.496 e. The number of thioether (sulfide) groups is 2. The molecule has 4 heteroatoms. The Morgan fingerprint density at radius 3 is 1.30 bits per heavy atom. The molecule has 1 fully saturated rings. The van der Waals surface area contributed by atoms with Gasteiger partial charge in [-0.25, -0.2) is 0 Å². The van der Waals surface area contributed by atoms with Gasteiger partial charge in [-0.2, -0.15) is 0 Å². The molecule has 0 bridgehead atoms. The maximum Gasteiger partial charge on any atom is 0.132 e. The van der Waals surface area contributed by atoms with Crippen LogP contribution in [-0.4, -0.2) is 19.3 Å². The molecule has 0 saturated carbocycles. The van der Waals surface area contributed by atoms with Gasteiger partial charge in [-0.3, -0.25) is 0 Å². The van der Waals surface area contributed by atoms with E-state index in [1.165, 1.54) is 44.5 Å². The van der Waals surface area contributed by atoms with E-state index in [0.717, 1.165) is 16.6 Å². The summed E-state index contributed by atoms with van der Waals surface area (Å²) in [6.07, 6.45) is 0. The van der Waals surface area contributed by atoms with E-state index in [-0.39, 0.29) is 0 Å². The van der Waals surface area contributed by atoms with E-state index in [1.54, 1.807) is 0 Å². The normalized spacial score (nSPS) is 23.6. The van der Waals surface area contributed by atoms with Crippen molar-refractivity contribution in [2.24, 2.45) is 0 Å². The molecule has 7 rings (SSSR count). The molecule has 2 unspecified atom stereocenters. The highest BCUT2D eigenvalue weighted by Crippen LogP contribution is 2.79. The number of rotatable bonds is 4. The predicted octanol–water partition coefficient (Wildman–Crippen LogP) is 8.27. The van der Waals surface area contributed by atoms with Crippen molar-refractivity contribution < 1.29 is 9.47 Å². The van der Waals surface area contributed by atoms with Gasteiger partial charge >= 0.3 is 0 Å². The molecule has 4 aromatic carbocycles. The van der Waals surface area contributed by atoms with E-state index in [2.05, 4.69) is 109 Å². The van der Waals surface area contributed by atoms with Crippen molar-refractivity contribution in [3.8, 4) is 0 Å². The summed E-state index contributed by atoms with van der Waals surface area (Å²) in [5, 5.41) is 0.948. The third-order valence-corrected chi connectivity index (χ3v) is 11.2. The Morgan fingerprint density at radius 1 is 0.514 bits per heavy atom. The molecule has 0 amide bonds. The highest BCUT2D eigenvalue weighted by molar-refractivity contribution is 8.20. The molecule has 0 aromatic heterocycles. The van der Waals surface area contributed by atoms with Gasteiger partial charge in [0.05, 0.1) is 23.7 Å². The van der Waals surface area contributed by atoms with Crippen LogP contribution in [0, 0.1) is 0 Å². The molecular weight excluding hydrogens is 492 g/mol. The molecule has 3 aliphatic rings. The molecule has 182 valence electrons. The zero-order chi connectivity index (χ0) is 25.0. The van der Waals surface area contributed by atoms with Crippen molar-refractivity contribution >= 4 is 46.2 Å². The largest absolute Gasteiger partial charge is 0.496 e. The SMILES string of the molecule is COC1=C(c2ccccc2)C2(SCSC23C(c2ccccc2)=C(OC)c2ccccc23)c2ccccc21. The fraction of sp³-hybridized carbons (Fsp3) is 0.152. The van der Waals surface area contributed by atoms with E-state index in [1.807, 2.05) is 37.7 Å². The van der Waals surface area contributed by atoms with Gasteiger partial charge in [0.1, 0.15) is 11.5 Å². The molecule has 4 aromatic rings. The van der Waals surface area contributed by atoms with Gasteiger partial charge in [0.25, 0.3) is 0 Å². The van der Waals surface area contributed by atoms with Crippen molar-refractivity contribution in [1.29, 1.82) is 0 Å². The van der Waals surface area contributed by atoms with Crippen molar-refractivity contribution in [2.75, 3.05) is 19.3 Å². The van der Waals surface area contributed by atoms with Crippen LogP contribution in [0.5, 0.6) is 0 Å². The second-order valence-corrected chi connectivity index (χ2v) is 12.2. The molecule has 1 aliphatic heterocycles. The van der Waals surface area contributed by atoms with E-state index in [9.17, 15) is 0 Å². The van der Waals surface area contributed by atoms with Crippen molar-refractivity contribution in [3.05, 3.63) is 143 Å². The fourth-order valence-corrected chi connectivity index (χ4v) is 10.8. The number of methoxy groups -OCH3 is 2. The minimum atomic E-state index is -0.414. The molecule has 0 radical (unpaired) electrons. The van der Waals surface area contributed by atoms with E-state index < -0.39 is 9.49 Å². The van der Waals surface area contributed by atoms with Crippen molar-refractivity contribution in [1.82, 2.24) is 0 Å². The van der Waals surface area contributed by atoms with Crippen LogP contribution in [0.25, 0.3) is 22.7 Å². The van der Waals surface area contributed by atoms with Crippen molar-refractivity contribution in [3.63, 3.8) is 0 Å². The van der Waals surface area contributed by atoms with Gasteiger partial charge in [0.2, 0.25) is 0 Å². The second kappa shape index (κ2) is 8.61. The minimum absolute atomic E-state index is 0.414. The first kappa shape index (κ1) is 22.8. The van der Waals surface area contributed by atoms with Crippen LogP contribution in [0.15, 0.2) is 109 Å². The Morgan fingerprint density at radius 2 is 0.892 bits per heavy atom. The summed E-state index contributed by atoms with van der Waals surface area (Å²) >= 11 is 4.05. The number of ether oxygens (including phenoxy) is 2. The topological polar surface area (TPSA) is 18.5 Å². The quantitative estimate of drug-likeness (QED) is 0.270. The van der Waals surface area contributed by atoms with Crippen LogP contribution in [0.4, 0.5) is 0 Å². The Kier molecular flexibility index (Phi) is 5.31. The zero-order valence-corrected chi connectivity index (χ0v) is 22.4. The number of hydrogen-bond acceptors (Lipinski definition) is 4. The fourth-order valence-electron chi connectivity index (χ4n) is 6.58. The molecule has 37 heavy (non-hydrogen) atoms. The Balaban J connectivity index is 1.66. The maximum absolute atomic E-state index is 6.29. The Hall–Kier alpha value is -3.34. The molecule has 0 N–H and O–H groups in total. The summed E-state index contributed by atoms with van der Waals surface area (Å²) in [4.78, 5) is 0. The van der Waals surface area contributed by atoms with Gasteiger partial charge in [0.15, 0.2) is 0 Å². The predicted molar refractivity (Wildman–Crippen MR) is 157 cm³/mol. The number of hydrogen-bond donors (Lipinski definition) is 0. The maximum atomic E-state index is 6.29. The average Bonchev–Trinajstić information content (AvgIpc) is 3.59. The summed E-state index contributed by atoms with van der Waals surface area (Å²) < 4.78 is 11.7. The molecular formula is C33H26O2S2. The summed E-state index contributed by atoms with van der Waals surface area (Å²) in [5.41, 5.74) is 9.84. The van der Waals surface area contributed by atoms with E-state index in [4.69, 9.17) is 9.47 Å². The standard InChI is InChI=1S/C33H26O2S2/c1-34-30-24-17-9-11-19-26(24)32(28(30)22-13-5-3-6-14-22)33(37-21-36-32)27-20-12-10-18-25(27)31(35-2)29(33)23-15-7-4-8-16-23/h3-20H,21H2,1-2H3. The molecule has 1 heterocycles. The molecule has 2 nitrogen and oxygen atoms in total. The van der Waals surface area contributed by atoms with Gasteiger partial charge in [-0.05, 0) is 22.3 Å². The first-order valence-corrected chi connectivity index (χ1v) is 14.4. The Bertz CT molecular complexity index is 1460. The van der Waals surface area contributed by atoms with Crippen LogP contribution >= 0.6 is 23.5 Å². The molecule has 1 saturated heterocycles. The van der Waals surface area contributed by atoms with Gasteiger partial charge in [-0.1, -0.05) is 109 Å². The number of fused-ring (bicyclic) bond motifs is 5. The average molecular weight is 519 g/mol. The monoisotopic (exact) mass is 518 g/mol. The van der Waals surface area contributed by atoms with Crippen LogP contribution in [-0.2, 0) is 19.0 Å². The highest BCUT2D eigenvalue weighted by atomic mass is 32.2.